The summed E-state index contributed by atoms with van der Waals surface area (Å²) in [4.78, 5) is 32.0. The highest BCUT2D eigenvalue weighted by Gasteiger charge is 2.33. The first-order valence-electron chi connectivity index (χ1n) is 8.92. The molecule has 7 nitrogen and oxygen atoms in total. The number of para-hydroxylation sites is 2. The van der Waals surface area contributed by atoms with E-state index in [2.05, 4.69) is 5.32 Å². The number of benzene rings is 1. The Balaban J connectivity index is 2.07. The Hall–Kier alpha value is -2.28. The molecular formula is C19H29N3O4. The molecule has 2 rings (SSSR count). The molecule has 1 heterocycles. The zero-order chi connectivity index (χ0) is 19.3. The predicted molar refractivity (Wildman–Crippen MR) is 101 cm³/mol. The Morgan fingerprint density at radius 1 is 1.19 bits per heavy atom. The van der Waals surface area contributed by atoms with Gasteiger partial charge in [-0.3, -0.25) is 4.79 Å². The van der Waals surface area contributed by atoms with Gasteiger partial charge in [0.1, 0.15) is 11.6 Å². The molecule has 0 aliphatic carbocycles. The van der Waals surface area contributed by atoms with Gasteiger partial charge in [0, 0.05) is 20.6 Å². The summed E-state index contributed by atoms with van der Waals surface area (Å²) in [6.07, 6.45) is 1.60. The summed E-state index contributed by atoms with van der Waals surface area (Å²) < 4.78 is 5.20. The van der Waals surface area contributed by atoms with Crippen molar-refractivity contribution in [2.45, 2.75) is 51.7 Å². The topological polar surface area (TPSA) is 71.1 Å². The number of nitrogens with zero attached hydrogens (tertiary/aromatic N) is 2. The molecule has 1 unspecified atom stereocenters. The highest BCUT2D eigenvalue weighted by molar-refractivity contribution is 5.97. The summed E-state index contributed by atoms with van der Waals surface area (Å²) in [6, 6.07) is 7.05. The molecule has 26 heavy (non-hydrogen) atoms. The van der Waals surface area contributed by atoms with Crippen LogP contribution in [0, 0.1) is 0 Å². The van der Waals surface area contributed by atoms with E-state index in [1.165, 1.54) is 5.06 Å². The number of ether oxygens (including phenoxy) is 1. The summed E-state index contributed by atoms with van der Waals surface area (Å²) in [5, 5.41) is 4.39. The van der Waals surface area contributed by atoms with Crippen molar-refractivity contribution in [2.24, 2.45) is 0 Å². The fraction of sp³-hybridized carbons (Fsp3) is 0.579. The summed E-state index contributed by atoms with van der Waals surface area (Å²) in [5.74, 6) is -0.192. The Morgan fingerprint density at radius 3 is 2.54 bits per heavy atom. The molecule has 0 aromatic heterocycles. The summed E-state index contributed by atoms with van der Waals surface area (Å²) in [6.45, 7) is 5.82. The smallest absolute Gasteiger partial charge is 0.427 e. The van der Waals surface area contributed by atoms with Crippen LogP contribution in [0.3, 0.4) is 0 Å². The second-order valence-electron chi connectivity index (χ2n) is 7.61. The highest BCUT2D eigenvalue weighted by Crippen LogP contribution is 2.26. The third-order valence-electron chi connectivity index (χ3n) is 3.98. The van der Waals surface area contributed by atoms with Crippen LogP contribution in [-0.2, 0) is 14.4 Å². The maximum Gasteiger partial charge on any atom is 0.528 e. The standard InChI is InChI=1S/C19H29N3O4/c1-19(2,3)25-18(24)26-22-13-9-8-12-16(22)17(23)20-14-10-6-7-11-15(14)21(4)5/h6-7,10-11,16H,8-9,12-13H2,1-5H3,(H,20,23). The maximum atomic E-state index is 12.8. The van der Waals surface area contributed by atoms with E-state index in [4.69, 9.17) is 9.57 Å². The lowest BCUT2D eigenvalue weighted by atomic mass is 10.0. The van der Waals surface area contributed by atoms with Crippen molar-refractivity contribution >= 4 is 23.4 Å². The molecule has 1 aromatic rings. The molecule has 1 amide bonds. The minimum Gasteiger partial charge on any atom is -0.427 e. The van der Waals surface area contributed by atoms with Crippen molar-refractivity contribution in [3.05, 3.63) is 24.3 Å². The third kappa shape index (κ3) is 5.62. The van der Waals surface area contributed by atoms with Gasteiger partial charge < -0.3 is 19.8 Å². The van der Waals surface area contributed by atoms with E-state index in [0.29, 0.717) is 13.0 Å². The van der Waals surface area contributed by atoms with Crippen LogP contribution in [0.1, 0.15) is 40.0 Å². The summed E-state index contributed by atoms with van der Waals surface area (Å²) in [7, 11) is 3.84. The van der Waals surface area contributed by atoms with Gasteiger partial charge in [0.15, 0.2) is 0 Å². The van der Waals surface area contributed by atoms with Gasteiger partial charge in [-0.2, -0.15) is 0 Å². The van der Waals surface area contributed by atoms with Gasteiger partial charge in [0.2, 0.25) is 5.91 Å². The zero-order valence-corrected chi connectivity index (χ0v) is 16.2. The zero-order valence-electron chi connectivity index (χ0n) is 16.2. The molecule has 0 radical (unpaired) electrons. The van der Waals surface area contributed by atoms with Crippen molar-refractivity contribution in [2.75, 3.05) is 30.9 Å². The van der Waals surface area contributed by atoms with Gasteiger partial charge in [0.25, 0.3) is 0 Å². The average Bonchev–Trinajstić information content (AvgIpc) is 2.53. The number of carbonyl (C=O) groups is 2. The number of hydrogen-bond acceptors (Lipinski definition) is 6. The second-order valence-corrected chi connectivity index (χ2v) is 7.61. The fourth-order valence-electron chi connectivity index (χ4n) is 2.83. The van der Waals surface area contributed by atoms with Crippen molar-refractivity contribution in [1.82, 2.24) is 5.06 Å². The van der Waals surface area contributed by atoms with Crippen LogP contribution in [0.2, 0.25) is 0 Å². The molecule has 1 saturated heterocycles. The van der Waals surface area contributed by atoms with E-state index in [0.717, 1.165) is 24.2 Å². The average molecular weight is 363 g/mol. The van der Waals surface area contributed by atoms with E-state index in [-0.39, 0.29) is 5.91 Å². The molecule has 0 bridgehead atoms. The van der Waals surface area contributed by atoms with Gasteiger partial charge in [-0.15, -0.1) is 5.06 Å². The van der Waals surface area contributed by atoms with E-state index < -0.39 is 17.8 Å². The molecule has 1 atom stereocenters. The van der Waals surface area contributed by atoms with Crippen molar-refractivity contribution < 1.29 is 19.2 Å². The fourth-order valence-corrected chi connectivity index (χ4v) is 2.83. The summed E-state index contributed by atoms with van der Waals surface area (Å²) >= 11 is 0. The molecule has 0 saturated carbocycles. The number of rotatable bonds is 4. The van der Waals surface area contributed by atoms with Gasteiger partial charge in [-0.05, 0) is 52.2 Å². The normalized spacial score (nSPS) is 18.1. The first kappa shape index (κ1) is 20.0. The van der Waals surface area contributed by atoms with Crippen LogP contribution in [0.15, 0.2) is 24.3 Å². The number of hydrogen-bond donors (Lipinski definition) is 1. The molecule has 1 N–H and O–H groups in total. The lowest BCUT2D eigenvalue weighted by Gasteiger charge is -2.33. The maximum absolute atomic E-state index is 12.8. The van der Waals surface area contributed by atoms with Gasteiger partial charge in [-0.1, -0.05) is 12.1 Å². The molecule has 144 valence electrons. The van der Waals surface area contributed by atoms with E-state index in [1.807, 2.05) is 43.3 Å². The lowest BCUT2D eigenvalue weighted by molar-refractivity contribution is -0.179. The third-order valence-corrected chi connectivity index (χ3v) is 3.98. The van der Waals surface area contributed by atoms with Gasteiger partial charge in [-0.25, -0.2) is 4.79 Å². The molecular weight excluding hydrogens is 334 g/mol. The van der Waals surface area contributed by atoms with E-state index in [9.17, 15) is 9.59 Å². The lowest BCUT2D eigenvalue weighted by Crippen LogP contribution is -2.48. The molecule has 1 aromatic carbocycles. The number of amides is 1. The minimum atomic E-state index is -0.786. The largest absolute Gasteiger partial charge is 0.528 e. The van der Waals surface area contributed by atoms with E-state index >= 15 is 0 Å². The number of anilines is 2. The monoisotopic (exact) mass is 363 g/mol. The van der Waals surface area contributed by atoms with Crippen LogP contribution in [0.25, 0.3) is 0 Å². The number of hydroxylamine groups is 2. The Kier molecular flexibility index (Phi) is 6.47. The quantitative estimate of drug-likeness (QED) is 0.827. The van der Waals surface area contributed by atoms with Crippen molar-refractivity contribution in [1.29, 1.82) is 0 Å². The highest BCUT2D eigenvalue weighted by atomic mass is 16.8. The number of piperidine rings is 1. The first-order chi connectivity index (χ1) is 12.2. The molecule has 0 spiro atoms. The molecule has 7 heteroatoms. The SMILES string of the molecule is CN(C)c1ccccc1NC(=O)C1CCCCN1OC(=O)OC(C)(C)C. The first-order valence-corrected chi connectivity index (χ1v) is 8.92. The minimum absolute atomic E-state index is 0.192. The predicted octanol–water partition coefficient (Wildman–Crippen LogP) is 3.41. The van der Waals surface area contributed by atoms with Crippen LogP contribution >= 0.6 is 0 Å². The van der Waals surface area contributed by atoms with Crippen LogP contribution in [0.5, 0.6) is 0 Å². The van der Waals surface area contributed by atoms with E-state index in [1.54, 1.807) is 20.8 Å². The Labute approximate surface area is 155 Å². The Bertz CT molecular complexity index is 640. The van der Waals surface area contributed by atoms with Crippen LogP contribution < -0.4 is 10.2 Å². The van der Waals surface area contributed by atoms with Gasteiger partial charge >= 0.3 is 6.16 Å². The van der Waals surface area contributed by atoms with Crippen molar-refractivity contribution in [3.63, 3.8) is 0 Å². The van der Waals surface area contributed by atoms with Crippen molar-refractivity contribution in [3.8, 4) is 0 Å². The molecule has 1 fully saturated rings. The molecule has 1 aliphatic heterocycles. The Morgan fingerprint density at radius 2 is 1.88 bits per heavy atom. The van der Waals surface area contributed by atoms with Gasteiger partial charge in [0.05, 0.1) is 11.4 Å². The van der Waals surface area contributed by atoms with Crippen LogP contribution in [0.4, 0.5) is 16.2 Å². The number of nitrogens with one attached hydrogen (secondary N) is 1. The second kappa shape index (κ2) is 8.40. The molecule has 1 aliphatic rings. The number of carbonyl (C=O) groups excluding carboxylic acids is 2. The van der Waals surface area contributed by atoms with Crippen LogP contribution in [-0.4, -0.2) is 49.4 Å². The summed E-state index contributed by atoms with van der Waals surface area (Å²) in [5.41, 5.74) is 0.997.